The Labute approximate surface area is 114 Å². The number of nitrogen functional groups attached to an aromatic ring is 1. The summed E-state index contributed by atoms with van der Waals surface area (Å²) >= 11 is 0. The molecule has 0 aromatic carbocycles. The third-order valence-electron chi connectivity index (χ3n) is 4.15. The van der Waals surface area contributed by atoms with Crippen LogP contribution in [0, 0.1) is 11.8 Å². The van der Waals surface area contributed by atoms with Crippen molar-refractivity contribution < 1.29 is 10.2 Å². The minimum Gasteiger partial charge on any atom is -0.396 e. The Morgan fingerprint density at radius 2 is 2.30 bits per heavy atom. The molecule has 8 nitrogen and oxygen atoms in total. The Balaban J connectivity index is 2.01. The monoisotopic (exact) mass is 279 g/mol. The summed E-state index contributed by atoms with van der Waals surface area (Å²) in [6.45, 7) is 0.171. The number of hydrogen-bond acceptors (Lipinski definition) is 6. The van der Waals surface area contributed by atoms with E-state index >= 15 is 0 Å². The van der Waals surface area contributed by atoms with Gasteiger partial charge in [0.25, 0.3) is 5.56 Å². The molecule has 2 heterocycles. The second-order valence-electron chi connectivity index (χ2n) is 5.20. The summed E-state index contributed by atoms with van der Waals surface area (Å²) in [6, 6.07) is 0.0815. The summed E-state index contributed by atoms with van der Waals surface area (Å²) in [5.41, 5.74) is 5.93. The first-order valence-electron chi connectivity index (χ1n) is 6.59. The van der Waals surface area contributed by atoms with Crippen LogP contribution in [-0.2, 0) is 0 Å². The first kappa shape index (κ1) is 13.1. The topological polar surface area (TPSA) is 130 Å². The van der Waals surface area contributed by atoms with Crippen LogP contribution in [0.1, 0.15) is 18.9 Å². The lowest BCUT2D eigenvalue weighted by molar-refractivity contribution is 0.0159. The van der Waals surface area contributed by atoms with Crippen LogP contribution < -0.4 is 11.3 Å². The van der Waals surface area contributed by atoms with Gasteiger partial charge in [0.05, 0.1) is 6.33 Å². The third-order valence-corrected chi connectivity index (χ3v) is 4.15. The number of hydrogen-bond donors (Lipinski definition) is 4. The molecule has 3 unspecified atom stereocenters. The maximum Gasteiger partial charge on any atom is 0.280 e. The number of nitrogens with one attached hydrogen (secondary N) is 1. The van der Waals surface area contributed by atoms with Crippen molar-refractivity contribution in [3.05, 3.63) is 16.7 Å². The van der Waals surface area contributed by atoms with Crippen LogP contribution in [0.3, 0.4) is 0 Å². The quantitative estimate of drug-likeness (QED) is 0.583. The predicted molar refractivity (Wildman–Crippen MR) is 72.0 cm³/mol. The second-order valence-corrected chi connectivity index (χ2v) is 5.20. The van der Waals surface area contributed by atoms with Crippen LogP contribution in [0.15, 0.2) is 11.1 Å². The van der Waals surface area contributed by atoms with Gasteiger partial charge in [-0.05, 0) is 24.7 Å². The Kier molecular flexibility index (Phi) is 3.19. The molecular weight excluding hydrogens is 262 g/mol. The van der Waals surface area contributed by atoms with Gasteiger partial charge in [0.1, 0.15) is 0 Å². The molecule has 0 amide bonds. The predicted octanol–water partition coefficient (Wildman–Crippen LogP) is -0.746. The van der Waals surface area contributed by atoms with Crippen molar-refractivity contribution in [2.45, 2.75) is 18.9 Å². The fourth-order valence-electron chi connectivity index (χ4n) is 3.07. The van der Waals surface area contributed by atoms with E-state index in [0.29, 0.717) is 12.1 Å². The van der Waals surface area contributed by atoms with Crippen molar-refractivity contribution in [3.8, 4) is 0 Å². The van der Waals surface area contributed by atoms with Crippen LogP contribution in [0.2, 0.25) is 0 Å². The van der Waals surface area contributed by atoms with Crippen LogP contribution in [0.5, 0.6) is 0 Å². The van der Waals surface area contributed by atoms with Gasteiger partial charge >= 0.3 is 0 Å². The number of H-pyrrole nitrogens is 1. The van der Waals surface area contributed by atoms with Gasteiger partial charge in [0.2, 0.25) is 5.95 Å². The number of aliphatic hydroxyl groups is 2. The summed E-state index contributed by atoms with van der Waals surface area (Å²) in [6.07, 6.45) is 2.96. The smallest absolute Gasteiger partial charge is 0.280 e. The number of rotatable bonds is 4. The Hall–Kier alpha value is -1.93. The lowest BCUT2D eigenvalue weighted by Gasteiger charge is -2.44. The first-order chi connectivity index (χ1) is 9.65. The molecule has 108 valence electrons. The fourth-order valence-corrected chi connectivity index (χ4v) is 3.07. The molecule has 8 heteroatoms. The van der Waals surface area contributed by atoms with E-state index in [9.17, 15) is 9.90 Å². The van der Waals surface area contributed by atoms with Crippen molar-refractivity contribution in [3.63, 3.8) is 0 Å². The van der Waals surface area contributed by atoms with Gasteiger partial charge in [-0.15, -0.1) is 0 Å². The van der Waals surface area contributed by atoms with E-state index < -0.39 is 0 Å². The molecule has 0 radical (unpaired) electrons. The number of imidazole rings is 1. The number of anilines is 1. The van der Waals surface area contributed by atoms with E-state index in [-0.39, 0.29) is 48.1 Å². The van der Waals surface area contributed by atoms with E-state index in [2.05, 4.69) is 15.0 Å². The normalized spacial score (nSPS) is 25.8. The molecule has 5 N–H and O–H groups in total. The number of fused-ring (bicyclic) bond motifs is 1. The lowest BCUT2D eigenvalue weighted by atomic mass is 9.68. The standard InChI is InChI=1S/C12H17N5O3/c13-12-15-10-9(11(20)16-12)14-5-17(10)8-3-6(4-19)7(8)1-2-18/h5-8,18-19H,1-4H2,(H3,13,15,16,20). The highest BCUT2D eigenvalue weighted by Gasteiger charge is 2.41. The van der Waals surface area contributed by atoms with Crippen LogP contribution in [0.25, 0.3) is 11.2 Å². The SMILES string of the molecule is Nc1nc2c(ncn2C2CC(CO)C2CCO)c(=O)[nH]1. The first-order valence-corrected chi connectivity index (χ1v) is 6.59. The van der Waals surface area contributed by atoms with E-state index in [4.69, 9.17) is 10.8 Å². The average Bonchev–Trinajstić information content (AvgIpc) is 2.79. The van der Waals surface area contributed by atoms with Crippen LogP contribution >= 0.6 is 0 Å². The molecule has 3 atom stereocenters. The molecule has 0 bridgehead atoms. The number of nitrogens with two attached hydrogens (primary N) is 1. The van der Waals surface area contributed by atoms with Gasteiger partial charge in [-0.3, -0.25) is 9.78 Å². The molecule has 0 spiro atoms. The van der Waals surface area contributed by atoms with Gasteiger partial charge in [-0.1, -0.05) is 0 Å². The van der Waals surface area contributed by atoms with Crippen LogP contribution in [-0.4, -0.2) is 42.9 Å². The molecule has 1 aliphatic carbocycles. The van der Waals surface area contributed by atoms with Crippen molar-refractivity contribution in [1.29, 1.82) is 0 Å². The van der Waals surface area contributed by atoms with Gasteiger partial charge in [-0.2, -0.15) is 4.98 Å². The largest absolute Gasteiger partial charge is 0.396 e. The molecule has 20 heavy (non-hydrogen) atoms. The fraction of sp³-hybridized carbons (Fsp3) is 0.583. The van der Waals surface area contributed by atoms with E-state index in [1.807, 2.05) is 4.57 Å². The molecular formula is C12H17N5O3. The molecule has 0 aliphatic heterocycles. The highest BCUT2D eigenvalue weighted by molar-refractivity contribution is 5.70. The number of aromatic amines is 1. The Morgan fingerprint density at radius 3 is 3.00 bits per heavy atom. The van der Waals surface area contributed by atoms with Gasteiger partial charge in [0.15, 0.2) is 11.2 Å². The molecule has 3 rings (SSSR count). The molecule has 1 saturated carbocycles. The zero-order valence-electron chi connectivity index (χ0n) is 10.9. The minimum atomic E-state index is -0.358. The van der Waals surface area contributed by atoms with Gasteiger partial charge in [0, 0.05) is 19.3 Å². The van der Waals surface area contributed by atoms with Crippen molar-refractivity contribution in [2.75, 3.05) is 18.9 Å². The summed E-state index contributed by atoms with van der Waals surface area (Å²) in [7, 11) is 0. The summed E-state index contributed by atoms with van der Waals surface area (Å²) in [5.74, 6) is 0.384. The molecule has 2 aromatic rings. The Bertz CT molecular complexity index is 679. The highest BCUT2D eigenvalue weighted by Crippen LogP contribution is 2.46. The van der Waals surface area contributed by atoms with Gasteiger partial charge in [-0.25, -0.2) is 4.98 Å². The highest BCUT2D eigenvalue weighted by atomic mass is 16.3. The van der Waals surface area contributed by atoms with Crippen LogP contribution in [0.4, 0.5) is 5.95 Å². The maximum absolute atomic E-state index is 11.7. The van der Waals surface area contributed by atoms with E-state index in [0.717, 1.165) is 6.42 Å². The van der Waals surface area contributed by atoms with Crippen molar-refractivity contribution in [1.82, 2.24) is 19.5 Å². The van der Waals surface area contributed by atoms with E-state index in [1.165, 1.54) is 0 Å². The third kappa shape index (κ3) is 1.88. The zero-order chi connectivity index (χ0) is 14.3. The average molecular weight is 279 g/mol. The number of aromatic nitrogens is 4. The molecule has 0 saturated heterocycles. The van der Waals surface area contributed by atoms with E-state index in [1.54, 1.807) is 6.33 Å². The molecule has 2 aromatic heterocycles. The minimum absolute atomic E-state index is 0.0565. The molecule has 1 fully saturated rings. The second kappa shape index (κ2) is 4.88. The summed E-state index contributed by atoms with van der Waals surface area (Å²) in [4.78, 5) is 22.4. The maximum atomic E-state index is 11.7. The van der Waals surface area contributed by atoms with Gasteiger partial charge < -0.3 is 20.5 Å². The number of aliphatic hydroxyl groups excluding tert-OH is 2. The summed E-state index contributed by atoms with van der Waals surface area (Å²) < 4.78 is 1.83. The zero-order valence-corrected chi connectivity index (χ0v) is 10.9. The number of nitrogens with zero attached hydrogens (tertiary/aromatic N) is 3. The Morgan fingerprint density at radius 1 is 1.50 bits per heavy atom. The molecule has 1 aliphatic rings. The lowest BCUT2D eigenvalue weighted by Crippen LogP contribution is -2.41. The van der Waals surface area contributed by atoms with Crippen molar-refractivity contribution >= 4 is 17.1 Å². The summed E-state index contributed by atoms with van der Waals surface area (Å²) in [5, 5.41) is 18.4. The van der Waals surface area contributed by atoms with Crippen molar-refractivity contribution in [2.24, 2.45) is 11.8 Å².